The molecule has 20 heavy (non-hydrogen) atoms. The standard InChI is InChI=1S/C16H25N3O/c1-19(2)12-4-3-11-18-15(20)16(9-10-16)13-5-7-14(17)8-6-13/h5-8H,3-4,9-12,17H2,1-2H3,(H,18,20). The molecule has 1 amide bonds. The van der Waals surface area contributed by atoms with Gasteiger partial charge in [0.25, 0.3) is 0 Å². The van der Waals surface area contributed by atoms with Crippen molar-refractivity contribution >= 4 is 11.6 Å². The molecule has 1 aliphatic rings. The van der Waals surface area contributed by atoms with Crippen LogP contribution in [0.5, 0.6) is 0 Å². The summed E-state index contributed by atoms with van der Waals surface area (Å²) in [5, 5.41) is 3.08. The van der Waals surface area contributed by atoms with Crippen molar-refractivity contribution in [3.05, 3.63) is 29.8 Å². The van der Waals surface area contributed by atoms with E-state index in [1.807, 2.05) is 24.3 Å². The first-order valence-electron chi connectivity index (χ1n) is 7.34. The number of nitrogens with two attached hydrogens (primary N) is 1. The van der Waals surface area contributed by atoms with Crippen molar-refractivity contribution in [1.29, 1.82) is 0 Å². The molecule has 1 fully saturated rings. The maximum Gasteiger partial charge on any atom is 0.230 e. The molecule has 0 saturated heterocycles. The van der Waals surface area contributed by atoms with Crippen LogP contribution in [0.2, 0.25) is 0 Å². The molecule has 0 spiro atoms. The molecule has 2 rings (SSSR count). The van der Waals surface area contributed by atoms with E-state index in [0.717, 1.165) is 50.0 Å². The highest BCUT2D eigenvalue weighted by Gasteiger charge is 2.50. The summed E-state index contributed by atoms with van der Waals surface area (Å²) in [5.74, 6) is 0.173. The van der Waals surface area contributed by atoms with Crippen molar-refractivity contribution in [3.8, 4) is 0 Å². The molecule has 0 aliphatic heterocycles. The van der Waals surface area contributed by atoms with Crippen LogP contribution in [-0.2, 0) is 10.2 Å². The minimum absolute atomic E-state index is 0.173. The molecule has 1 aromatic carbocycles. The fraction of sp³-hybridized carbons (Fsp3) is 0.562. The zero-order valence-corrected chi connectivity index (χ0v) is 12.5. The first-order chi connectivity index (χ1) is 9.54. The average molecular weight is 275 g/mol. The van der Waals surface area contributed by atoms with Crippen LogP contribution >= 0.6 is 0 Å². The molecule has 3 N–H and O–H groups in total. The number of nitrogens with zero attached hydrogens (tertiary/aromatic N) is 1. The van der Waals surface area contributed by atoms with Crippen molar-refractivity contribution in [3.63, 3.8) is 0 Å². The number of hydrogen-bond acceptors (Lipinski definition) is 3. The van der Waals surface area contributed by atoms with Crippen molar-refractivity contribution in [2.45, 2.75) is 31.1 Å². The van der Waals surface area contributed by atoms with E-state index >= 15 is 0 Å². The van der Waals surface area contributed by atoms with Crippen molar-refractivity contribution < 1.29 is 4.79 Å². The summed E-state index contributed by atoms with van der Waals surface area (Å²) < 4.78 is 0. The van der Waals surface area contributed by atoms with E-state index in [-0.39, 0.29) is 11.3 Å². The predicted octanol–water partition coefficient (Wildman–Crippen LogP) is 1.76. The van der Waals surface area contributed by atoms with Crippen LogP contribution in [-0.4, -0.2) is 38.0 Å². The summed E-state index contributed by atoms with van der Waals surface area (Å²) in [4.78, 5) is 14.5. The summed E-state index contributed by atoms with van der Waals surface area (Å²) in [6.07, 6.45) is 4.03. The normalized spacial score (nSPS) is 16.1. The van der Waals surface area contributed by atoms with Crippen molar-refractivity contribution in [2.24, 2.45) is 0 Å². The van der Waals surface area contributed by atoms with Crippen LogP contribution in [0.15, 0.2) is 24.3 Å². The smallest absolute Gasteiger partial charge is 0.230 e. The number of carbonyl (C=O) groups excluding carboxylic acids is 1. The van der Waals surface area contributed by atoms with E-state index < -0.39 is 0 Å². The van der Waals surface area contributed by atoms with E-state index in [2.05, 4.69) is 24.3 Å². The first-order valence-corrected chi connectivity index (χ1v) is 7.34. The molecule has 4 nitrogen and oxygen atoms in total. The fourth-order valence-corrected chi connectivity index (χ4v) is 2.50. The summed E-state index contributed by atoms with van der Waals surface area (Å²) >= 11 is 0. The van der Waals surface area contributed by atoms with Gasteiger partial charge in [0.1, 0.15) is 0 Å². The van der Waals surface area contributed by atoms with Crippen LogP contribution in [0, 0.1) is 0 Å². The number of amides is 1. The molecule has 1 aromatic rings. The third-order valence-corrected chi connectivity index (χ3v) is 3.97. The second kappa shape index (κ2) is 6.27. The number of benzene rings is 1. The highest BCUT2D eigenvalue weighted by Crippen LogP contribution is 2.48. The molecular weight excluding hydrogens is 250 g/mol. The molecule has 110 valence electrons. The van der Waals surface area contributed by atoms with Crippen LogP contribution < -0.4 is 11.1 Å². The molecule has 0 atom stereocenters. The first kappa shape index (κ1) is 14.9. The van der Waals surface area contributed by atoms with E-state index in [1.165, 1.54) is 0 Å². The maximum atomic E-state index is 12.4. The number of carbonyl (C=O) groups is 1. The lowest BCUT2D eigenvalue weighted by molar-refractivity contribution is -0.123. The van der Waals surface area contributed by atoms with Crippen LogP contribution in [0.3, 0.4) is 0 Å². The van der Waals surface area contributed by atoms with E-state index in [1.54, 1.807) is 0 Å². The molecular formula is C16H25N3O. The zero-order chi connectivity index (χ0) is 14.6. The fourth-order valence-electron chi connectivity index (χ4n) is 2.50. The van der Waals surface area contributed by atoms with Gasteiger partial charge in [-0.1, -0.05) is 12.1 Å². The lowest BCUT2D eigenvalue weighted by Gasteiger charge is -2.16. The number of nitrogen functional groups attached to an aromatic ring is 1. The molecule has 0 unspecified atom stereocenters. The Balaban J connectivity index is 1.81. The number of nitrogens with one attached hydrogen (secondary N) is 1. The minimum atomic E-state index is -0.282. The molecule has 4 heteroatoms. The van der Waals surface area contributed by atoms with Crippen LogP contribution in [0.1, 0.15) is 31.2 Å². The molecule has 1 saturated carbocycles. The minimum Gasteiger partial charge on any atom is -0.399 e. The Hall–Kier alpha value is -1.55. The van der Waals surface area contributed by atoms with Gasteiger partial charge in [-0.05, 0) is 64.0 Å². The van der Waals surface area contributed by atoms with E-state index in [0.29, 0.717) is 0 Å². The van der Waals surface area contributed by atoms with Crippen molar-refractivity contribution in [2.75, 3.05) is 32.9 Å². The van der Waals surface area contributed by atoms with Gasteiger partial charge in [0.2, 0.25) is 5.91 Å². The van der Waals surface area contributed by atoms with Gasteiger partial charge in [0.05, 0.1) is 5.41 Å². The lowest BCUT2D eigenvalue weighted by Crippen LogP contribution is -2.35. The van der Waals surface area contributed by atoms with Gasteiger partial charge in [-0.25, -0.2) is 0 Å². The SMILES string of the molecule is CN(C)CCCCNC(=O)C1(c2ccc(N)cc2)CC1. The van der Waals surface area contributed by atoms with Gasteiger partial charge in [-0.2, -0.15) is 0 Å². The van der Waals surface area contributed by atoms with Gasteiger partial charge in [0, 0.05) is 12.2 Å². The van der Waals surface area contributed by atoms with E-state index in [4.69, 9.17) is 5.73 Å². The van der Waals surface area contributed by atoms with Gasteiger partial charge < -0.3 is 16.0 Å². The highest BCUT2D eigenvalue weighted by atomic mass is 16.2. The van der Waals surface area contributed by atoms with Gasteiger partial charge in [0.15, 0.2) is 0 Å². The summed E-state index contributed by atoms with van der Waals surface area (Å²) in [6, 6.07) is 7.71. The number of hydrogen-bond donors (Lipinski definition) is 2. The van der Waals surface area contributed by atoms with Gasteiger partial charge >= 0.3 is 0 Å². The Bertz CT molecular complexity index is 449. The Morgan fingerprint density at radius 3 is 2.45 bits per heavy atom. The third-order valence-electron chi connectivity index (χ3n) is 3.97. The number of rotatable bonds is 7. The predicted molar refractivity (Wildman–Crippen MR) is 82.6 cm³/mol. The topological polar surface area (TPSA) is 58.4 Å². The monoisotopic (exact) mass is 275 g/mol. The van der Waals surface area contributed by atoms with Crippen LogP contribution in [0.4, 0.5) is 5.69 Å². The summed E-state index contributed by atoms with van der Waals surface area (Å²) in [7, 11) is 4.14. The summed E-state index contributed by atoms with van der Waals surface area (Å²) in [6.45, 7) is 1.84. The second-order valence-electron chi connectivity index (χ2n) is 5.97. The molecule has 0 aromatic heterocycles. The number of anilines is 1. The molecule has 0 heterocycles. The van der Waals surface area contributed by atoms with Gasteiger partial charge in [-0.3, -0.25) is 4.79 Å². The largest absolute Gasteiger partial charge is 0.399 e. The maximum absolute atomic E-state index is 12.4. The Kier molecular flexibility index (Phi) is 4.65. The molecule has 0 bridgehead atoms. The lowest BCUT2D eigenvalue weighted by atomic mass is 9.94. The summed E-state index contributed by atoms with van der Waals surface area (Å²) in [5.41, 5.74) is 7.26. The quantitative estimate of drug-likeness (QED) is 0.589. The Morgan fingerprint density at radius 2 is 1.90 bits per heavy atom. The number of unbranched alkanes of at least 4 members (excludes halogenated alkanes) is 1. The Labute approximate surface area is 121 Å². The van der Waals surface area contributed by atoms with Crippen LogP contribution in [0.25, 0.3) is 0 Å². The third kappa shape index (κ3) is 3.51. The van der Waals surface area contributed by atoms with Gasteiger partial charge in [-0.15, -0.1) is 0 Å². The highest BCUT2D eigenvalue weighted by molar-refractivity contribution is 5.91. The molecule has 1 aliphatic carbocycles. The molecule has 0 radical (unpaired) electrons. The Morgan fingerprint density at radius 1 is 1.25 bits per heavy atom. The second-order valence-corrected chi connectivity index (χ2v) is 5.97. The van der Waals surface area contributed by atoms with Crippen molar-refractivity contribution in [1.82, 2.24) is 10.2 Å². The zero-order valence-electron chi connectivity index (χ0n) is 12.5. The average Bonchev–Trinajstić information content (AvgIpc) is 3.20. The van der Waals surface area contributed by atoms with E-state index in [9.17, 15) is 4.79 Å².